The van der Waals surface area contributed by atoms with Gasteiger partial charge < -0.3 is 19.9 Å². The Kier molecular flexibility index (Phi) is 5.84. The number of fused-ring (bicyclic) bond motifs is 1. The summed E-state index contributed by atoms with van der Waals surface area (Å²) in [7, 11) is 2.97. The van der Waals surface area contributed by atoms with Gasteiger partial charge in [-0.25, -0.2) is 0 Å². The lowest BCUT2D eigenvalue weighted by Crippen LogP contribution is -2.31. The number of hydrogen-bond acceptors (Lipinski definition) is 6. The molecule has 166 valence electrons. The van der Waals surface area contributed by atoms with E-state index < -0.39 is 4.92 Å². The normalized spacial score (nSPS) is 19.6. The molecule has 0 aromatic heterocycles. The molecule has 1 aliphatic heterocycles. The molecule has 32 heavy (non-hydrogen) atoms. The lowest BCUT2D eigenvalue weighted by molar-refractivity contribution is -0.384. The summed E-state index contributed by atoms with van der Waals surface area (Å²) in [5.41, 5.74) is 2.80. The molecule has 8 heteroatoms. The van der Waals surface area contributed by atoms with E-state index in [9.17, 15) is 15.2 Å². The lowest BCUT2D eigenvalue weighted by Gasteiger charge is -2.39. The Hall–Kier alpha value is -3.45. The standard InChI is InChI=1S/C24H23ClN2O5/c1-13-22(14-8-9-20(28)21(10-14)32-3)17-11-15(31-2)12-19(27(29)30)24(17)26-23(13)16-6-4-5-7-18(16)25/h4-13,22-23,26,28H,1-3H3/t13-,22+,23-/m0/s1. The zero-order valence-electron chi connectivity index (χ0n) is 17.8. The molecule has 1 heterocycles. The van der Waals surface area contributed by atoms with E-state index in [1.54, 1.807) is 12.1 Å². The van der Waals surface area contributed by atoms with Gasteiger partial charge in [0.25, 0.3) is 5.69 Å². The second kappa shape index (κ2) is 8.59. The number of phenols is 1. The number of phenolic OH excluding ortho intramolecular Hbond substituents is 1. The fourth-order valence-electron chi connectivity index (χ4n) is 4.51. The van der Waals surface area contributed by atoms with Crippen LogP contribution < -0.4 is 14.8 Å². The van der Waals surface area contributed by atoms with Crippen molar-refractivity contribution >= 4 is 23.0 Å². The maximum atomic E-state index is 12.0. The van der Waals surface area contributed by atoms with Crippen LogP contribution in [0.4, 0.5) is 11.4 Å². The van der Waals surface area contributed by atoms with Crippen molar-refractivity contribution in [1.82, 2.24) is 0 Å². The third-order valence-electron chi connectivity index (χ3n) is 6.04. The number of nitro groups is 1. The first-order chi connectivity index (χ1) is 15.3. The van der Waals surface area contributed by atoms with Crippen molar-refractivity contribution in [1.29, 1.82) is 0 Å². The third-order valence-corrected chi connectivity index (χ3v) is 6.39. The second-order valence-corrected chi connectivity index (χ2v) is 8.19. The number of ether oxygens (including phenoxy) is 2. The van der Waals surface area contributed by atoms with Crippen LogP contribution in [0.5, 0.6) is 17.2 Å². The zero-order valence-corrected chi connectivity index (χ0v) is 18.6. The van der Waals surface area contributed by atoms with Crippen molar-refractivity contribution in [2.45, 2.75) is 18.9 Å². The van der Waals surface area contributed by atoms with Gasteiger partial charge >= 0.3 is 0 Å². The molecular formula is C24H23ClN2O5. The van der Waals surface area contributed by atoms with E-state index in [-0.39, 0.29) is 29.3 Å². The van der Waals surface area contributed by atoms with Crippen molar-refractivity contribution in [2.75, 3.05) is 19.5 Å². The van der Waals surface area contributed by atoms with Gasteiger partial charge in [-0.2, -0.15) is 0 Å². The maximum Gasteiger partial charge on any atom is 0.296 e. The first-order valence-corrected chi connectivity index (χ1v) is 10.5. The van der Waals surface area contributed by atoms with Crippen LogP contribution in [-0.4, -0.2) is 24.2 Å². The highest BCUT2D eigenvalue weighted by molar-refractivity contribution is 6.31. The molecule has 0 saturated carbocycles. The van der Waals surface area contributed by atoms with E-state index in [4.69, 9.17) is 21.1 Å². The predicted octanol–water partition coefficient (Wildman–Crippen LogP) is 5.91. The smallest absolute Gasteiger partial charge is 0.296 e. The fourth-order valence-corrected chi connectivity index (χ4v) is 4.76. The molecule has 0 bridgehead atoms. The summed E-state index contributed by atoms with van der Waals surface area (Å²) in [6, 6.07) is 15.6. The van der Waals surface area contributed by atoms with Gasteiger partial charge in [0.1, 0.15) is 11.4 Å². The van der Waals surface area contributed by atoms with Crippen molar-refractivity contribution in [3.8, 4) is 17.2 Å². The number of nitrogens with zero attached hydrogens (tertiary/aromatic N) is 1. The first kappa shape index (κ1) is 21.8. The molecule has 7 nitrogen and oxygen atoms in total. The van der Waals surface area contributed by atoms with Gasteiger partial charge in [-0.05, 0) is 46.9 Å². The summed E-state index contributed by atoms with van der Waals surface area (Å²) >= 11 is 6.52. The minimum absolute atomic E-state index is 0.0253. The second-order valence-electron chi connectivity index (χ2n) is 7.78. The molecule has 3 aromatic carbocycles. The van der Waals surface area contributed by atoms with Crippen molar-refractivity contribution in [2.24, 2.45) is 5.92 Å². The molecule has 2 N–H and O–H groups in total. The summed E-state index contributed by atoms with van der Waals surface area (Å²) in [5, 5.41) is 26.0. The van der Waals surface area contributed by atoms with Crippen molar-refractivity contribution in [3.05, 3.63) is 86.4 Å². The number of halogens is 1. The minimum Gasteiger partial charge on any atom is -0.504 e. The Morgan fingerprint density at radius 3 is 2.47 bits per heavy atom. The molecule has 0 aliphatic carbocycles. The number of anilines is 1. The number of benzene rings is 3. The summed E-state index contributed by atoms with van der Waals surface area (Å²) in [5.74, 6) is 0.453. The van der Waals surface area contributed by atoms with Gasteiger partial charge in [-0.1, -0.05) is 42.8 Å². The molecule has 0 fully saturated rings. The predicted molar refractivity (Wildman–Crippen MR) is 123 cm³/mol. The van der Waals surface area contributed by atoms with Crippen LogP contribution in [0.1, 0.15) is 35.6 Å². The van der Waals surface area contributed by atoms with E-state index in [1.165, 1.54) is 20.3 Å². The first-order valence-electron chi connectivity index (χ1n) is 10.1. The summed E-state index contributed by atoms with van der Waals surface area (Å²) in [4.78, 5) is 11.5. The number of aromatic hydroxyl groups is 1. The quantitative estimate of drug-likeness (QED) is 0.368. The minimum atomic E-state index is -0.414. The van der Waals surface area contributed by atoms with Crippen LogP contribution in [0.15, 0.2) is 54.6 Å². The van der Waals surface area contributed by atoms with Crippen LogP contribution in [0.3, 0.4) is 0 Å². The number of methoxy groups -OCH3 is 2. The molecule has 0 amide bonds. The fraction of sp³-hybridized carbons (Fsp3) is 0.250. The Bertz CT molecular complexity index is 1180. The number of rotatable bonds is 5. The van der Waals surface area contributed by atoms with Crippen molar-refractivity contribution < 1.29 is 19.5 Å². The molecule has 0 radical (unpaired) electrons. The summed E-state index contributed by atoms with van der Waals surface area (Å²) in [6.45, 7) is 2.07. The molecule has 1 aliphatic rings. The average molecular weight is 455 g/mol. The van der Waals surface area contributed by atoms with Gasteiger partial charge in [0.2, 0.25) is 0 Å². The Labute approximate surface area is 190 Å². The summed E-state index contributed by atoms with van der Waals surface area (Å²) < 4.78 is 10.7. The monoisotopic (exact) mass is 454 g/mol. The number of nitro benzene ring substituents is 1. The molecule has 3 aromatic rings. The molecule has 0 saturated heterocycles. The van der Waals surface area contributed by atoms with E-state index >= 15 is 0 Å². The highest BCUT2D eigenvalue weighted by Gasteiger charge is 2.40. The highest BCUT2D eigenvalue weighted by Crippen LogP contribution is 2.53. The van der Waals surface area contributed by atoms with Gasteiger partial charge in [0.15, 0.2) is 11.5 Å². The highest BCUT2D eigenvalue weighted by atomic mass is 35.5. The van der Waals surface area contributed by atoms with Gasteiger partial charge in [-0.15, -0.1) is 0 Å². The molecule has 0 spiro atoms. The number of hydrogen-bond donors (Lipinski definition) is 2. The van der Waals surface area contributed by atoms with Crippen LogP contribution >= 0.6 is 11.6 Å². The molecular weight excluding hydrogens is 432 g/mol. The van der Waals surface area contributed by atoms with Crippen LogP contribution in [-0.2, 0) is 0 Å². The Morgan fingerprint density at radius 2 is 1.81 bits per heavy atom. The van der Waals surface area contributed by atoms with E-state index in [0.29, 0.717) is 22.2 Å². The SMILES string of the molecule is COc1cc2c(c([N+](=O)[O-])c1)N[C@H](c1ccccc1Cl)[C@@H](C)[C@@H]2c1ccc(O)c(OC)c1. The lowest BCUT2D eigenvalue weighted by atomic mass is 9.72. The zero-order chi connectivity index (χ0) is 23.0. The van der Waals surface area contributed by atoms with E-state index in [1.807, 2.05) is 36.4 Å². The molecule has 4 rings (SSSR count). The van der Waals surface area contributed by atoms with Crippen molar-refractivity contribution in [3.63, 3.8) is 0 Å². The average Bonchev–Trinajstić information content (AvgIpc) is 2.79. The van der Waals surface area contributed by atoms with Gasteiger partial charge in [0, 0.05) is 10.9 Å². The Balaban J connectivity index is 1.98. The molecule has 0 unspecified atom stereocenters. The third kappa shape index (κ3) is 3.69. The van der Waals surface area contributed by atoms with E-state index in [0.717, 1.165) is 16.7 Å². The van der Waals surface area contributed by atoms with Crippen LogP contribution in [0.25, 0.3) is 0 Å². The van der Waals surface area contributed by atoms with E-state index in [2.05, 4.69) is 12.2 Å². The van der Waals surface area contributed by atoms with Gasteiger partial charge in [0.05, 0.1) is 31.3 Å². The van der Waals surface area contributed by atoms with Crippen LogP contribution in [0, 0.1) is 16.0 Å². The molecule has 3 atom stereocenters. The maximum absolute atomic E-state index is 12.0. The number of nitrogens with one attached hydrogen (secondary N) is 1. The summed E-state index contributed by atoms with van der Waals surface area (Å²) in [6.07, 6.45) is 0. The van der Waals surface area contributed by atoms with Crippen LogP contribution in [0.2, 0.25) is 5.02 Å². The van der Waals surface area contributed by atoms with Gasteiger partial charge in [-0.3, -0.25) is 10.1 Å². The largest absolute Gasteiger partial charge is 0.504 e. The Morgan fingerprint density at radius 1 is 1.06 bits per heavy atom. The topological polar surface area (TPSA) is 93.9 Å².